The summed E-state index contributed by atoms with van der Waals surface area (Å²) in [6.45, 7) is 1.82. The van der Waals surface area contributed by atoms with Crippen LogP contribution < -0.4 is 15.5 Å². The second-order valence-corrected chi connectivity index (χ2v) is 6.52. The number of aryl methyl sites for hydroxylation is 1. The van der Waals surface area contributed by atoms with Gasteiger partial charge < -0.3 is 15.5 Å². The van der Waals surface area contributed by atoms with Crippen molar-refractivity contribution >= 4 is 34.6 Å². The first-order valence-electron chi connectivity index (χ1n) is 8.78. The molecule has 9 nitrogen and oxygen atoms in total. The van der Waals surface area contributed by atoms with E-state index in [0.29, 0.717) is 17.3 Å². The quantitative estimate of drug-likeness (QED) is 0.485. The molecule has 0 radical (unpaired) electrons. The predicted octanol–water partition coefficient (Wildman–Crippen LogP) is 3.76. The number of nitro benzene ring substituents is 1. The lowest BCUT2D eigenvalue weighted by atomic mass is 10.2. The van der Waals surface area contributed by atoms with Gasteiger partial charge in [0, 0.05) is 49.2 Å². The van der Waals surface area contributed by atoms with E-state index in [0.717, 1.165) is 11.5 Å². The van der Waals surface area contributed by atoms with E-state index in [4.69, 9.17) is 0 Å². The number of nitro groups is 1. The molecule has 2 N–H and O–H groups in total. The van der Waals surface area contributed by atoms with E-state index >= 15 is 0 Å². The second kappa shape index (κ2) is 8.34. The van der Waals surface area contributed by atoms with Gasteiger partial charge in [-0.2, -0.15) is 0 Å². The molecule has 29 heavy (non-hydrogen) atoms. The molecule has 0 saturated heterocycles. The van der Waals surface area contributed by atoms with Gasteiger partial charge in [-0.1, -0.05) is 6.07 Å². The van der Waals surface area contributed by atoms with Gasteiger partial charge in [0.1, 0.15) is 17.5 Å². The number of carbonyl (C=O) groups excluding carboxylic acids is 1. The van der Waals surface area contributed by atoms with Gasteiger partial charge in [0.25, 0.3) is 11.6 Å². The van der Waals surface area contributed by atoms with Gasteiger partial charge in [-0.05, 0) is 37.3 Å². The highest BCUT2D eigenvalue weighted by Gasteiger charge is 2.12. The minimum atomic E-state index is -0.534. The van der Waals surface area contributed by atoms with Crippen LogP contribution in [0.25, 0.3) is 0 Å². The van der Waals surface area contributed by atoms with Gasteiger partial charge in [-0.3, -0.25) is 14.9 Å². The zero-order valence-electron chi connectivity index (χ0n) is 16.2. The monoisotopic (exact) mass is 392 g/mol. The van der Waals surface area contributed by atoms with E-state index in [1.807, 2.05) is 32.0 Å². The van der Waals surface area contributed by atoms with Gasteiger partial charge in [-0.15, -0.1) is 0 Å². The molecule has 148 valence electrons. The molecule has 0 aliphatic rings. The molecule has 0 aliphatic carbocycles. The topological polar surface area (TPSA) is 113 Å². The molecule has 1 amide bonds. The number of nitrogens with zero attached hydrogens (tertiary/aromatic N) is 4. The normalized spacial score (nSPS) is 10.3. The first-order valence-corrected chi connectivity index (χ1v) is 8.78. The van der Waals surface area contributed by atoms with Crippen molar-refractivity contribution in [2.45, 2.75) is 6.92 Å². The van der Waals surface area contributed by atoms with Crippen LogP contribution in [0, 0.1) is 17.0 Å². The Hall–Kier alpha value is -4.01. The number of benzene rings is 2. The first kappa shape index (κ1) is 19.7. The van der Waals surface area contributed by atoms with E-state index in [2.05, 4.69) is 20.6 Å². The van der Waals surface area contributed by atoms with Crippen LogP contribution >= 0.6 is 0 Å². The van der Waals surface area contributed by atoms with Crippen molar-refractivity contribution in [2.24, 2.45) is 0 Å². The summed E-state index contributed by atoms with van der Waals surface area (Å²) in [7, 11) is 3.81. The Morgan fingerprint density at radius 2 is 1.72 bits per heavy atom. The van der Waals surface area contributed by atoms with E-state index in [1.165, 1.54) is 24.3 Å². The molecule has 0 bridgehead atoms. The Morgan fingerprint density at radius 3 is 2.38 bits per heavy atom. The zero-order valence-corrected chi connectivity index (χ0v) is 16.2. The molecule has 0 saturated carbocycles. The third-order valence-corrected chi connectivity index (χ3v) is 4.02. The number of aromatic nitrogens is 2. The largest absolute Gasteiger partial charge is 0.363 e. The maximum Gasteiger partial charge on any atom is 0.270 e. The molecule has 0 atom stereocenters. The van der Waals surface area contributed by atoms with E-state index in [1.54, 1.807) is 24.3 Å². The van der Waals surface area contributed by atoms with Gasteiger partial charge >= 0.3 is 0 Å². The fraction of sp³-hybridized carbons (Fsp3) is 0.150. The Labute approximate surface area is 167 Å². The number of hydrogen-bond donors (Lipinski definition) is 2. The van der Waals surface area contributed by atoms with Crippen LogP contribution in [0.5, 0.6) is 0 Å². The van der Waals surface area contributed by atoms with Crippen LogP contribution in [0.2, 0.25) is 0 Å². The summed E-state index contributed by atoms with van der Waals surface area (Å²) in [4.78, 5) is 33.3. The van der Waals surface area contributed by atoms with Crippen LogP contribution in [0.3, 0.4) is 0 Å². The van der Waals surface area contributed by atoms with Crippen molar-refractivity contribution < 1.29 is 9.72 Å². The predicted molar refractivity (Wildman–Crippen MR) is 112 cm³/mol. The van der Waals surface area contributed by atoms with Crippen molar-refractivity contribution in [3.63, 3.8) is 0 Å². The fourth-order valence-electron chi connectivity index (χ4n) is 2.59. The SMILES string of the molecule is Cc1nc(Nc2ccc(NC(=O)c3cccc([N+](=O)[O-])c3)cc2)cc(N(C)C)n1. The smallest absolute Gasteiger partial charge is 0.270 e. The highest BCUT2D eigenvalue weighted by molar-refractivity contribution is 6.04. The van der Waals surface area contributed by atoms with Crippen molar-refractivity contribution in [2.75, 3.05) is 29.6 Å². The Morgan fingerprint density at radius 1 is 1.03 bits per heavy atom. The van der Waals surface area contributed by atoms with Crippen molar-refractivity contribution in [3.8, 4) is 0 Å². The molecule has 0 spiro atoms. The molecular formula is C20H20N6O3. The lowest BCUT2D eigenvalue weighted by molar-refractivity contribution is -0.384. The third kappa shape index (κ3) is 5.04. The number of amides is 1. The highest BCUT2D eigenvalue weighted by Crippen LogP contribution is 2.21. The van der Waals surface area contributed by atoms with Crippen LogP contribution in [0.15, 0.2) is 54.6 Å². The van der Waals surface area contributed by atoms with Crippen LogP contribution in [-0.2, 0) is 0 Å². The molecule has 1 heterocycles. The first-order chi connectivity index (χ1) is 13.8. The van der Waals surface area contributed by atoms with Crippen LogP contribution in [0.1, 0.15) is 16.2 Å². The molecule has 9 heteroatoms. The number of nitrogens with one attached hydrogen (secondary N) is 2. The van der Waals surface area contributed by atoms with E-state index < -0.39 is 10.8 Å². The summed E-state index contributed by atoms with van der Waals surface area (Å²) in [5.74, 6) is 1.69. The lowest BCUT2D eigenvalue weighted by Gasteiger charge is -2.14. The third-order valence-electron chi connectivity index (χ3n) is 4.02. The molecule has 0 fully saturated rings. The number of hydrogen-bond acceptors (Lipinski definition) is 7. The summed E-state index contributed by atoms with van der Waals surface area (Å²) in [6.07, 6.45) is 0. The summed E-state index contributed by atoms with van der Waals surface area (Å²) in [6, 6.07) is 14.5. The molecule has 3 aromatic rings. The minimum Gasteiger partial charge on any atom is -0.363 e. The summed E-state index contributed by atoms with van der Waals surface area (Å²) < 4.78 is 0. The highest BCUT2D eigenvalue weighted by atomic mass is 16.6. The van der Waals surface area contributed by atoms with Gasteiger partial charge in [0.15, 0.2) is 0 Å². The van der Waals surface area contributed by atoms with Crippen LogP contribution in [0.4, 0.5) is 28.7 Å². The molecule has 2 aromatic carbocycles. The van der Waals surface area contributed by atoms with Gasteiger partial charge in [-0.25, -0.2) is 9.97 Å². The Balaban J connectivity index is 1.70. The van der Waals surface area contributed by atoms with Crippen LogP contribution in [-0.4, -0.2) is 34.9 Å². The molecule has 3 rings (SSSR count). The number of rotatable bonds is 6. The molecular weight excluding hydrogens is 372 g/mol. The molecule has 1 aromatic heterocycles. The maximum atomic E-state index is 12.3. The average molecular weight is 392 g/mol. The Bertz CT molecular complexity index is 1050. The van der Waals surface area contributed by atoms with E-state index in [-0.39, 0.29) is 11.3 Å². The summed E-state index contributed by atoms with van der Waals surface area (Å²) in [5, 5.41) is 16.8. The summed E-state index contributed by atoms with van der Waals surface area (Å²) in [5.41, 5.74) is 1.45. The minimum absolute atomic E-state index is 0.130. The maximum absolute atomic E-state index is 12.3. The van der Waals surface area contributed by atoms with Crippen molar-refractivity contribution in [1.82, 2.24) is 9.97 Å². The number of anilines is 4. The fourth-order valence-corrected chi connectivity index (χ4v) is 2.59. The number of carbonyl (C=O) groups is 1. The Kier molecular flexibility index (Phi) is 5.68. The van der Waals surface area contributed by atoms with Crippen molar-refractivity contribution in [3.05, 3.63) is 76.1 Å². The standard InChI is InChI=1S/C20H20N6O3/c1-13-21-18(12-19(22-13)25(2)3)23-15-7-9-16(10-8-15)24-20(27)14-5-4-6-17(11-14)26(28)29/h4-12H,1-3H3,(H,24,27)(H,21,22,23). The molecule has 0 aliphatic heterocycles. The summed E-state index contributed by atoms with van der Waals surface area (Å²) >= 11 is 0. The lowest BCUT2D eigenvalue weighted by Crippen LogP contribution is -2.12. The van der Waals surface area contributed by atoms with Gasteiger partial charge in [0.2, 0.25) is 0 Å². The average Bonchev–Trinajstić information content (AvgIpc) is 2.69. The molecule has 0 unspecified atom stereocenters. The zero-order chi connectivity index (χ0) is 21.0. The van der Waals surface area contributed by atoms with Crippen molar-refractivity contribution in [1.29, 1.82) is 0 Å². The second-order valence-electron chi connectivity index (χ2n) is 6.52. The number of non-ortho nitro benzene ring substituents is 1. The van der Waals surface area contributed by atoms with Gasteiger partial charge in [0.05, 0.1) is 4.92 Å². The van der Waals surface area contributed by atoms with E-state index in [9.17, 15) is 14.9 Å².